The first kappa shape index (κ1) is 29.1. The molecule has 202 valence electrons. The summed E-state index contributed by atoms with van der Waals surface area (Å²) in [5, 5.41) is 3.12. The van der Waals surface area contributed by atoms with Crippen LogP contribution in [0.3, 0.4) is 0 Å². The van der Waals surface area contributed by atoms with Gasteiger partial charge in [-0.3, -0.25) is 13.9 Å². The third-order valence-electron chi connectivity index (χ3n) is 5.97. The molecule has 0 saturated heterocycles. The summed E-state index contributed by atoms with van der Waals surface area (Å²) in [6, 6.07) is 18.6. The molecule has 1 atom stereocenters. The first-order valence-electron chi connectivity index (χ1n) is 12.3. The third kappa shape index (κ3) is 7.55. The van der Waals surface area contributed by atoms with E-state index in [0.29, 0.717) is 17.1 Å². The van der Waals surface area contributed by atoms with Gasteiger partial charge < -0.3 is 10.2 Å². The van der Waals surface area contributed by atoms with E-state index in [9.17, 15) is 22.4 Å². The van der Waals surface area contributed by atoms with Crippen molar-refractivity contribution in [1.29, 1.82) is 0 Å². The summed E-state index contributed by atoms with van der Waals surface area (Å²) in [4.78, 5) is 28.0. The van der Waals surface area contributed by atoms with Crippen molar-refractivity contribution in [3.63, 3.8) is 0 Å². The molecule has 0 heterocycles. The molecule has 0 saturated carbocycles. The molecule has 0 aliphatic heterocycles. The first-order valence-corrected chi connectivity index (χ1v) is 14.1. The van der Waals surface area contributed by atoms with E-state index in [1.165, 1.54) is 47.4 Å². The lowest BCUT2D eigenvalue weighted by Crippen LogP contribution is -2.51. The van der Waals surface area contributed by atoms with Crippen LogP contribution in [0.2, 0.25) is 5.02 Å². The van der Waals surface area contributed by atoms with Crippen LogP contribution in [0.5, 0.6) is 0 Å². The van der Waals surface area contributed by atoms with Gasteiger partial charge in [0.1, 0.15) is 18.4 Å². The highest BCUT2D eigenvalue weighted by Crippen LogP contribution is 2.26. The summed E-state index contributed by atoms with van der Waals surface area (Å²) < 4.78 is 41.8. The van der Waals surface area contributed by atoms with Crippen molar-refractivity contribution >= 4 is 39.1 Å². The van der Waals surface area contributed by atoms with Gasteiger partial charge in [0, 0.05) is 18.1 Å². The standard InChI is InChI=1S/C28H31ClFN3O4S/c1-3-4-17-31-28(35)21(2)32(19-22-13-15-24(30)16-14-22)27(34)20-33(25-10-8-9-23(29)18-25)38(36,37)26-11-6-5-7-12-26/h5-16,18,21H,3-4,17,19-20H2,1-2H3,(H,31,35)/t21-/m0/s1. The number of nitrogens with one attached hydrogen (secondary N) is 1. The van der Waals surface area contributed by atoms with Crippen LogP contribution in [-0.4, -0.2) is 44.3 Å². The molecule has 3 aromatic carbocycles. The number of carbonyl (C=O) groups excluding carboxylic acids is 2. The van der Waals surface area contributed by atoms with Crippen molar-refractivity contribution < 1.29 is 22.4 Å². The number of halogens is 2. The highest BCUT2D eigenvalue weighted by atomic mass is 35.5. The Bertz CT molecular complexity index is 1340. The van der Waals surface area contributed by atoms with Crippen LogP contribution in [0.1, 0.15) is 32.3 Å². The molecule has 10 heteroatoms. The number of sulfonamides is 1. The molecular weight excluding hydrogens is 529 g/mol. The molecule has 0 spiro atoms. The third-order valence-corrected chi connectivity index (χ3v) is 7.99. The SMILES string of the molecule is CCCCNC(=O)[C@H](C)N(Cc1ccc(F)cc1)C(=O)CN(c1cccc(Cl)c1)S(=O)(=O)c1ccccc1. The van der Waals surface area contributed by atoms with Crippen molar-refractivity contribution in [3.05, 3.63) is 95.3 Å². The number of anilines is 1. The fraction of sp³-hybridized carbons (Fsp3) is 0.286. The van der Waals surface area contributed by atoms with E-state index in [2.05, 4.69) is 5.32 Å². The smallest absolute Gasteiger partial charge is 0.264 e. The summed E-state index contributed by atoms with van der Waals surface area (Å²) in [6.45, 7) is 3.44. The summed E-state index contributed by atoms with van der Waals surface area (Å²) in [6.07, 6.45) is 1.67. The van der Waals surface area contributed by atoms with Crippen molar-refractivity contribution in [3.8, 4) is 0 Å². The van der Waals surface area contributed by atoms with E-state index in [4.69, 9.17) is 11.6 Å². The fourth-order valence-corrected chi connectivity index (χ4v) is 5.40. The van der Waals surface area contributed by atoms with Crippen LogP contribution in [0, 0.1) is 5.82 Å². The van der Waals surface area contributed by atoms with Gasteiger partial charge in [0.25, 0.3) is 10.0 Å². The Morgan fingerprint density at radius 1 is 1.00 bits per heavy atom. The molecule has 0 aliphatic rings. The van der Waals surface area contributed by atoms with Gasteiger partial charge in [-0.25, -0.2) is 12.8 Å². The second-order valence-electron chi connectivity index (χ2n) is 8.77. The minimum Gasteiger partial charge on any atom is -0.354 e. The second-order valence-corrected chi connectivity index (χ2v) is 11.1. The van der Waals surface area contributed by atoms with Gasteiger partial charge in [0.05, 0.1) is 10.6 Å². The van der Waals surface area contributed by atoms with Gasteiger partial charge in [-0.1, -0.05) is 61.3 Å². The average Bonchev–Trinajstić information content (AvgIpc) is 2.91. The van der Waals surface area contributed by atoms with Gasteiger partial charge in [-0.2, -0.15) is 0 Å². The van der Waals surface area contributed by atoms with Crippen molar-refractivity contribution in [1.82, 2.24) is 10.2 Å². The predicted molar refractivity (Wildman–Crippen MR) is 147 cm³/mol. The average molecular weight is 560 g/mol. The van der Waals surface area contributed by atoms with E-state index >= 15 is 0 Å². The minimum absolute atomic E-state index is 0.00298. The van der Waals surface area contributed by atoms with Gasteiger partial charge in [-0.05, 0) is 61.4 Å². The zero-order chi connectivity index (χ0) is 27.7. The molecule has 0 aromatic heterocycles. The van der Waals surface area contributed by atoms with Crippen molar-refractivity contribution in [2.24, 2.45) is 0 Å². The van der Waals surface area contributed by atoms with E-state index in [1.807, 2.05) is 6.92 Å². The Morgan fingerprint density at radius 2 is 1.68 bits per heavy atom. The summed E-state index contributed by atoms with van der Waals surface area (Å²) in [7, 11) is -4.16. The maximum atomic E-state index is 13.8. The monoisotopic (exact) mass is 559 g/mol. The van der Waals surface area contributed by atoms with Gasteiger partial charge in [0.2, 0.25) is 11.8 Å². The molecule has 2 amide bonds. The van der Waals surface area contributed by atoms with E-state index in [1.54, 1.807) is 43.3 Å². The molecule has 0 aliphatic carbocycles. The molecule has 0 radical (unpaired) electrons. The second kappa shape index (κ2) is 13.4. The summed E-state index contributed by atoms with van der Waals surface area (Å²) >= 11 is 6.16. The Morgan fingerprint density at radius 3 is 2.32 bits per heavy atom. The van der Waals surface area contributed by atoms with Gasteiger partial charge in [0.15, 0.2) is 0 Å². The molecule has 0 fully saturated rings. The number of hydrogen-bond acceptors (Lipinski definition) is 4. The zero-order valence-corrected chi connectivity index (χ0v) is 22.9. The first-order chi connectivity index (χ1) is 18.1. The van der Waals surface area contributed by atoms with Crippen LogP contribution >= 0.6 is 11.6 Å². The molecule has 3 aromatic rings. The lowest BCUT2D eigenvalue weighted by atomic mass is 10.1. The molecular formula is C28H31ClFN3O4S. The number of nitrogens with zero attached hydrogens (tertiary/aromatic N) is 2. The van der Waals surface area contributed by atoms with Crippen LogP contribution in [0.4, 0.5) is 10.1 Å². The number of unbranched alkanes of at least 4 members (excludes halogenated alkanes) is 1. The number of benzene rings is 3. The predicted octanol–water partition coefficient (Wildman–Crippen LogP) is 5.01. The largest absolute Gasteiger partial charge is 0.354 e. The van der Waals surface area contributed by atoms with Crippen LogP contribution < -0.4 is 9.62 Å². The number of hydrogen-bond donors (Lipinski definition) is 1. The molecule has 0 unspecified atom stereocenters. The van der Waals surface area contributed by atoms with Crippen LogP contribution in [0.15, 0.2) is 83.8 Å². The highest BCUT2D eigenvalue weighted by molar-refractivity contribution is 7.92. The lowest BCUT2D eigenvalue weighted by Gasteiger charge is -2.32. The minimum atomic E-state index is -4.16. The Kier molecular flexibility index (Phi) is 10.3. The summed E-state index contributed by atoms with van der Waals surface area (Å²) in [5.74, 6) is -1.40. The van der Waals surface area contributed by atoms with Gasteiger partial charge >= 0.3 is 0 Å². The Hall–Kier alpha value is -3.43. The fourth-order valence-electron chi connectivity index (χ4n) is 3.78. The van der Waals surface area contributed by atoms with E-state index < -0.39 is 34.3 Å². The molecule has 0 bridgehead atoms. The molecule has 3 rings (SSSR count). The Balaban J connectivity index is 1.98. The van der Waals surface area contributed by atoms with E-state index in [-0.39, 0.29) is 23.0 Å². The zero-order valence-electron chi connectivity index (χ0n) is 21.3. The normalized spacial score (nSPS) is 12.0. The van der Waals surface area contributed by atoms with Crippen molar-refractivity contribution in [2.45, 2.75) is 44.2 Å². The summed E-state index contributed by atoms with van der Waals surface area (Å²) in [5.41, 5.74) is 0.796. The molecule has 38 heavy (non-hydrogen) atoms. The Labute approximate surface area is 228 Å². The number of amides is 2. The van der Waals surface area contributed by atoms with Crippen molar-refractivity contribution in [2.75, 3.05) is 17.4 Å². The molecule has 1 N–H and O–H groups in total. The highest BCUT2D eigenvalue weighted by Gasteiger charge is 2.32. The number of rotatable bonds is 12. The topological polar surface area (TPSA) is 86.8 Å². The lowest BCUT2D eigenvalue weighted by molar-refractivity contribution is -0.139. The van der Waals surface area contributed by atoms with Gasteiger partial charge in [-0.15, -0.1) is 0 Å². The van der Waals surface area contributed by atoms with Crippen LogP contribution in [-0.2, 0) is 26.2 Å². The molecule has 7 nitrogen and oxygen atoms in total. The quantitative estimate of drug-likeness (QED) is 0.316. The maximum absolute atomic E-state index is 13.8. The van der Waals surface area contributed by atoms with Crippen LogP contribution in [0.25, 0.3) is 0 Å². The maximum Gasteiger partial charge on any atom is 0.264 e. The number of carbonyl (C=O) groups is 2. The van der Waals surface area contributed by atoms with E-state index in [0.717, 1.165) is 17.1 Å².